The molecule has 0 spiro atoms. The van der Waals surface area contributed by atoms with Crippen molar-refractivity contribution in [2.45, 2.75) is 6.92 Å². The summed E-state index contributed by atoms with van der Waals surface area (Å²) in [4.78, 5) is 1.14. The number of anilines is 1. The molecule has 0 amide bonds. The molecule has 1 N–H and O–H groups in total. The van der Waals surface area contributed by atoms with Gasteiger partial charge in [-0.3, -0.25) is 5.43 Å². The van der Waals surface area contributed by atoms with Gasteiger partial charge in [0.2, 0.25) is 0 Å². The van der Waals surface area contributed by atoms with E-state index in [4.69, 9.17) is 11.6 Å². The molecule has 0 aliphatic carbocycles. The van der Waals surface area contributed by atoms with Crippen LogP contribution in [0.25, 0.3) is 0 Å². The largest absolute Gasteiger partial charge is 0.278 e. The van der Waals surface area contributed by atoms with Crippen LogP contribution in [0.5, 0.6) is 0 Å². The Morgan fingerprint density at radius 2 is 1.94 bits per heavy atom. The van der Waals surface area contributed by atoms with Crippen molar-refractivity contribution >= 4 is 50.3 Å². The van der Waals surface area contributed by atoms with E-state index in [9.17, 15) is 0 Å². The van der Waals surface area contributed by atoms with E-state index in [1.807, 2.05) is 43.3 Å². The molecule has 2 aromatic rings. The Morgan fingerprint density at radius 1 is 1.24 bits per heavy atom. The van der Waals surface area contributed by atoms with Crippen molar-refractivity contribution in [2.75, 3.05) is 5.43 Å². The predicted octanol–water partition coefficient (Wildman–Crippen LogP) is 5.00. The first kappa shape index (κ1) is 12.6. The normalized spacial score (nSPS) is 11.6. The van der Waals surface area contributed by atoms with Crippen LogP contribution < -0.4 is 5.43 Å². The van der Waals surface area contributed by atoms with Crippen molar-refractivity contribution in [1.82, 2.24) is 0 Å². The topological polar surface area (TPSA) is 24.4 Å². The number of benzene rings is 1. The number of nitrogens with zero attached hydrogens (tertiary/aromatic N) is 1. The highest BCUT2D eigenvalue weighted by molar-refractivity contribution is 9.11. The quantitative estimate of drug-likeness (QED) is 0.622. The van der Waals surface area contributed by atoms with Gasteiger partial charge in [-0.1, -0.05) is 11.6 Å². The summed E-state index contributed by atoms with van der Waals surface area (Å²) < 4.78 is 1.11. The molecule has 0 atom stereocenters. The first-order chi connectivity index (χ1) is 8.15. The zero-order valence-corrected chi connectivity index (χ0v) is 12.2. The van der Waals surface area contributed by atoms with Gasteiger partial charge < -0.3 is 0 Å². The number of halogens is 2. The van der Waals surface area contributed by atoms with Crippen molar-refractivity contribution in [2.24, 2.45) is 5.10 Å². The Bertz CT molecular complexity index is 534. The van der Waals surface area contributed by atoms with Gasteiger partial charge in [0.05, 0.1) is 20.1 Å². The van der Waals surface area contributed by atoms with Crippen LogP contribution in [-0.4, -0.2) is 5.71 Å². The number of nitrogens with one attached hydrogen (secondary N) is 1. The molecule has 0 unspecified atom stereocenters. The molecule has 2 rings (SSSR count). The van der Waals surface area contributed by atoms with Crippen LogP contribution in [0.15, 0.2) is 45.3 Å². The van der Waals surface area contributed by atoms with Gasteiger partial charge in [-0.15, -0.1) is 11.3 Å². The van der Waals surface area contributed by atoms with Crippen LogP contribution in [0.2, 0.25) is 5.02 Å². The van der Waals surface area contributed by atoms with Gasteiger partial charge in [-0.2, -0.15) is 5.10 Å². The van der Waals surface area contributed by atoms with Gasteiger partial charge >= 0.3 is 0 Å². The highest BCUT2D eigenvalue weighted by Crippen LogP contribution is 2.22. The van der Waals surface area contributed by atoms with Gasteiger partial charge in [0.15, 0.2) is 0 Å². The average Bonchev–Trinajstić information content (AvgIpc) is 2.75. The fraction of sp³-hybridized carbons (Fsp3) is 0.0833. The number of hydrogen-bond acceptors (Lipinski definition) is 3. The Labute approximate surface area is 117 Å². The molecule has 0 fully saturated rings. The lowest BCUT2D eigenvalue weighted by Gasteiger charge is -2.01. The Hall–Kier alpha value is -0.840. The maximum absolute atomic E-state index is 5.81. The lowest BCUT2D eigenvalue weighted by molar-refractivity contribution is 1.33. The maximum atomic E-state index is 5.81. The molecule has 88 valence electrons. The Morgan fingerprint density at radius 3 is 2.53 bits per heavy atom. The summed E-state index contributed by atoms with van der Waals surface area (Å²) in [5.41, 5.74) is 4.88. The minimum atomic E-state index is 0.721. The maximum Gasteiger partial charge on any atom is 0.0748 e. The van der Waals surface area contributed by atoms with Gasteiger partial charge in [0, 0.05) is 5.02 Å². The summed E-state index contributed by atoms with van der Waals surface area (Å²) in [6.45, 7) is 1.97. The lowest BCUT2D eigenvalue weighted by atomic mass is 10.3. The minimum Gasteiger partial charge on any atom is -0.278 e. The Balaban J connectivity index is 2.08. The molecule has 0 saturated heterocycles. The molecule has 5 heteroatoms. The standard InChI is InChI=1S/C12H10BrClN2S/c1-8(11-6-7-12(13)17-11)15-16-10-4-2-9(14)3-5-10/h2-7,16H,1H3. The van der Waals surface area contributed by atoms with Crippen LogP contribution in [-0.2, 0) is 0 Å². The molecule has 17 heavy (non-hydrogen) atoms. The molecular weight excluding hydrogens is 320 g/mol. The zero-order chi connectivity index (χ0) is 12.3. The highest BCUT2D eigenvalue weighted by atomic mass is 79.9. The third-order valence-corrected chi connectivity index (χ3v) is 4.11. The second-order valence-corrected chi connectivity index (χ2v) is 6.32. The van der Waals surface area contributed by atoms with Crippen LogP contribution in [0.3, 0.4) is 0 Å². The molecule has 0 aliphatic rings. The fourth-order valence-corrected chi connectivity index (χ4v) is 2.69. The van der Waals surface area contributed by atoms with E-state index in [1.165, 1.54) is 0 Å². The smallest absolute Gasteiger partial charge is 0.0748 e. The van der Waals surface area contributed by atoms with E-state index in [0.717, 1.165) is 25.1 Å². The zero-order valence-electron chi connectivity index (χ0n) is 9.08. The molecule has 1 aromatic carbocycles. The number of rotatable bonds is 3. The summed E-state index contributed by atoms with van der Waals surface area (Å²) in [6, 6.07) is 11.5. The summed E-state index contributed by atoms with van der Waals surface area (Å²) in [5.74, 6) is 0. The summed E-state index contributed by atoms with van der Waals surface area (Å²) >= 11 is 10.9. The predicted molar refractivity (Wildman–Crippen MR) is 79.3 cm³/mol. The summed E-state index contributed by atoms with van der Waals surface area (Å²) in [6.07, 6.45) is 0. The first-order valence-electron chi connectivity index (χ1n) is 4.97. The van der Waals surface area contributed by atoms with Crippen molar-refractivity contribution in [1.29, 1.82) is 0 Å². The van der Waals surface area contributed by atoms with E-state index in [1.54, 1.807) is 11.3 Å². The van der Waals surface area contributed by atoms with Crippen LogP contribution in [0.4, 0.5) is 5.69 Å². The summed E-state index contributed by atoms with van der Waals surface area (Å²) in [7, 11) is 0. The molecular formula is C12H10BrClN2S. The van der Waals surface area contributed by atoms with Crippen molar-refractivity contribution in [3.8, 4) is 0 Å². The van der Waals surface area contributed by atoms with Crippen LogP contribution >= 0.6 is 38.9 Å². The van der Waals surface area contributed by atoms with Crippen molar-refractivity contribution < 1.29 is 0 Å². The SMILES string of the molecule is CC(=NNc1ccc(Cl)cc1)c1ccc(Br)s1. The minimum absolute atomic E-state index is 0.721. The fourth-order valence-electron chi connectivity index (χ4n) is 1.24. The molecule has 0 aliphatic heterocycles. The van der Waals surface area contributed by atoms with Gasteiger partial charge in [-0.25, -0.2) is 0 Å². The number of hydrazone groups is 1. The average molecular weight is 330 g/mol. The third-order valence-electron chi connectivity index (χ3n) is 2.13. The van der Waals surface area contributed by atoms with Gasteiger partial charge in [-0.05, 0) is 59.3 Å². The lowest BCUT2D eigenvalue weighted by Crippen LogP contribution is -1.96. The van der Waals surface area contributed by atoms with Crippen molar-refractivity contribution in [3.63, 3.8) is 0 Å². The summed E-state index contributed by atoms with van der Waals surface area (Å²) in [5, 5.41) is 5.04. The molecule has 2 nitrogen and oxygen atoms in total. The molecule has 1 heterocycles. The second-order valence-electron chi connectivity index (χ2n) is 3.42. The van der Waals surface area contributed by atoms with Crippen LogP contribution in [0.1, 0.15) is 11.8 Å². The van der Waals surface area contributed by atoms with Gasteiger partial charge in [0.1, 0.15) is 0 Å². The second kappa shape index (κ2) is 5.67. The van der Waals surface area contributed by atoms with E-state index in [0.29, 0.717) is 0 Å². The Kier molecular flexibility index (Phi) is 4.20. The number of thiophene rings is 1. The molecule has 0 bridgehead atoms. The molecule has 0 radical (unpaired) electrons. The van der Waals surface area contributed by atoms with Crippen molar-refractivity contribution in [3.05, 3.63) is 50.1 Å². The highest BCUT2D eigenvalue weighted by Gasteiger charge is 2.01. The van der Waals surface area contributed by atoms with E-state index in [2.05, 4.69) is 26.5 Å². The van der Waals surface area contributed by atoms with Crippen LogP contribution in [0, 0.1) is 0 Å². The van der Waals surface area contributed by atoms with E-state index < -0.39 is 0 Å². The number of hydrogen-bond donors (Lipinski definition) is 1. The van der Waals surface area contributed by atoms with Gasteiger partial charge in [0.25, 0.3) is 0 Å². The molecule has 1 aromatic heterocycles. The first-order valence-corrected chi connectivity index (χ1v) is 6.95. The van der Waals surface area contributed by atoms with E-state index >= 15 is 0 Å². The monoisotopic (exact) mass is 328 g/mol. The van der Waals surface area contributed by atoms with E-state index in [-0.39, 0.29) is 0 Å². The molecule has 0 saturated carbocycles. The third kappa shape index (κ3) is 3.56.